The van der Waals surface area contributed by atoms with Crippen LogP contribution < -0.4 is 4.90 Å². The SMILES string of the molecule is CCN(CC)C(=O)CN1CN(c2ccccc2)C2(CCN(C(=O)C(C)C)CC2)C1=O. The molecule has 30 heavy (non-hydrogen) atoms. The van der Waals surface area contributed by atoms with Crippen LogP contribution >= 0.6 is 0 Å². The Morgan fingerprint density at radius 2 is 1.67 bits per heavy atom. The predicted octanol–water partition coefficient (Wildman–Crippen LogP) is 2.18. The highest BCUT2D eigenvalue weighted by Gasteiger charge is 2.54. The minimum Gasteiger partial charge on any atom is -0.342 e. The van der Waals surface area contributed by atoms with Crippen molar-refractivity contribution in [3.8, 4) is 0 Å². The molecule has 2 heterocycles. The molecule has 2 aliphatic rings. The van der Waals surface area contributed by atoms with Crippen molar-refractivity contribution in [2.24, 2.45) is 5.92 Å². The number of anilines is 1. The molecular weight excluding hydrogens is 380 g/mol. The highest BCUT2D eigenvalue weighted by molar-refractivity contribution is 5.96. The van der Waals surface area contributed by atoms with E-state index in [0.717, 1.165) is 5.69 Å². The summed E-state index contributed by atoms with van der Waals surface area (Å²) in [5.74, 6) is 0.0659. The fraction of sp³-hybridized carbons (Fsp3) is 0.609. The summed E-state index contributed by atoms with van der Waals surface area (Å²) in [4.78, 5) is 46.2. The Balaban J connectivity index is 1.85. The summed E-state index contributed by atoms with van der Waals surface area (Å²) in [6, 6.07) is 9.91. The van der Waals surface area contributed by atoms with Gasteiger partial charge in [-0.15, -0.1) is 0 Å². The predicted molar refractivity (Wildman–Crippen MR) is 117 cm³/mol. The van der Waals surface area contributed by atoms with Crippen LogP contribution in [0.15, 0.2) is 30.3 Å². The number of para-hydroxylation sites is 1. The van der Waals surface area contributed by atoms with Gasteiger partial charge in [0.2, 0.25) is 11.8 Å². The molecular formula is C23H34N4O3. The van der Waals surface area contributed by atoms with Gasteiger partial charge in [0.25, 0.3) is 5.91 Å². The molecule has 0 saturated carbocycles. The van der Waals surface area contributed by atoms with Crippen LogP contribution in [0.25, 0.3) is 0 Å². The van der Waals surface area contributed by atoms with Gasteiger partial charge < -0.3 is 19.6 Å². The quantitative estimate of drug-likeness (QED) is 0.716. The molecule has 1 aromatic carbocycles. The first-order chi connectivity index (χ1) is 14.3. The highest BCUT2D eigenvalue weighted by Crippen LogP contribution is 2.39. The minimum atomic E-state index is -0.696. The number of likely N-dealkylation sites (N-methyl/N-ethyl adjacent to an activating group) is 1. The number of benzene rings is 1. The molecule has 3 rings (SSSR count). The Labute approximate surface area is 179 Å². The van der Waals surface area contributed by atoms with Crippen LogP contribution in [0.4, 0.5) is 5.69 Å². The average molecular weight is 415 g/mol. The van der Waals surface area contributed by atoms with Crippen LogP contribution in [0, 0.1) is 5.92 Å². The zero-order chi connectivity index (χ0) is 21.9. The van der Waals surface area contributed by atoms with Gasteiger partial charge in [-0.2, -0.15) is 0 Å². The second-order valence-electron chi connectivity index (χ2n) is 8.49. The van der Waals surface area contributed by atoms with Crippen molar-refractivity contribution in [1.82, 2.24) is 14.7 Å². The number of rotatable bonds is 6. The first kappa shape index (κ1) is 22.1. The third kappa shape index (κ3) is 4.02. The van der Waals surface area contributed by atoms with Crippen molar-refractivity contribution < 1.29 is 14.4 Å². The molecule has 7 nitrogen and oxygen atoms in total. The van der Waals surface area contributed by atoms with E-state index in [9.17, 15) is 14.4 Å². The fourth-order valence-electron chi connectivity index (χ4n) is 4.62. The Kier molecular flexibility index (Phi) is 6.68. The lowest BCUT2D eigenvalue weighted by molar-refractivity contribution is -0.142. The third-order valence-corrected chi connectivity index (χ3v) is 6.42. The summed E-state index contributed by atoms with van der Waals surface area (Å²) in [7, 11) is 0. The van der Waals surface area contributed by atoms with Crippen molar-refractivity contribution >= 4 is 23.4 Å². The van der Waals surface area contributed by atoms with Crippen LogP contribution in [0.5, 0.6) is 0 Å². The van der Waals surface area contributed by atoms with E-state index in [1.165, 1.54) is 0 Å². The monoisotopic (exact) mass is 414 g/mol. The van der Waals surface area contributed by atoms with Crippen molar-refractivity contribution in [1.29, 1.82) is 0 Å². The van der Waals surface area contributed by atoms with Gasteiger partial charge in [-0.25, -0.2) is 0 Å². The molecule has 0 bridgehead atoms. The highest BCUT2D eigenvalue weighted by atomic mass is 16.2. The van der Waals surface area contributed by atoms with Crippen LogP contribution in [0.3, 0.4) is 0 Å². The molecule has 2 fully saturated rings. The molecule has 3 amide bonds. The van der Waals surface area contributed by atoms with Gasteiger partial charge in [-0.05, 0) is 38.8 Å². The van der Waals surface area contributed by atoms with Crippen LogP contribution in [-0.2, 0) is 14.4 Å². The Morgan fingerprint density at radius 1 is 1.07 bits per heavy atom. The summed E-state index contributed by atoms with van der Waals surface area (Å²) >= 11 is 0. The van der Waals surface area contributed by atoms with Crippen molar-refractivity contribution in [2.45, 2.75) is 46.1 Å². The molecule has 0 atom stereocenters. The fourth-order valence-corrected chi connectivity index (χ4v) is 4.62. The van der Waals surface area contributed by atoms with Crippen molar-refractivity contribution in [2.75, 3.05) is 44.3 Å². The van der Waals surface area contributed by atoms with E-state index in [1.807, 2.05) is 62.9 Å². The number of nitrogens with zero attached hydrogens (tertiary/aromatic N) is 4. The van der Waals surface area contributed by atoms with E-state index in [0.29, 0.717) is 45.7 Å². The maximum atomic E-state index is 13.6. The summed E-state index contributed by atoms with van der Waals surface area (Å²) in [5.41, 5.74) is 0.283. The molecule has 7 heteroatoms. The maximum Gasteiger partial charge on any atom is 0.250 e. The molecule has 1 spiro atoms. The second-order valence-corrected chi connectivity index (χ2v) is 8.49. The van der Waals surface area contributed by atoms with Crippen molar-refractivity contribution in [3.05, 3.63) is 30.3 Å². The molecule has 164 valence electrons. The Morgan fingerprint density at radius 3 is 2.20 bits per heavy atom. The lowest BCUT2D eigenvalue weighted by Crippen LogP contribution is -2.58. The number of hydrogen-bond acceptors (Lipinski definition) is 4. The normalized spacial score (nSPS) is 18.4. The molecule has 2 saturated heterocycles. The Bertz CT molecular complexity index is 768. The number of likely N-dealkylation sites (tertiary alicyclic amines) is 1. The molecule has 0 radical (unpaired) electrons. The van der Waals surface area contributed by atoms with Crippen LogP contribution in [0.1, 0.15) is 40.5 Å². The maximum absolute atomic E-state index is 13.6. The van der Waals surface area contributed by atoms with Gasteiger partial charge in [-0.1, -0.05) is 32.0 Å². The average Bonchev–Trinajstić information content (AvgIpc) is 3.01. The van der Waals surface area contributed by atoms with E-state index < -0.39 is 5.54 Å². The van der Waals surface area contributed by atoms with E-state index in [2.05, 4.69) is 4.90 Å². The second kappa shape index (κ2) is 9.06. The van der Waals surface area contributed by atoms with Gasteiger partial charge in [0.05, 0.1) is 6.67 Å². The molecule has 0 aromatic heterocycles. The summed E-state index contributed by atoms with van der Waals surface area (Å²) in [6.45, 7) is 10.6. The molecule has 1 aromatic rings. The number of carbonyl (C=O) groups is 3. The summed E-state index contributed by atoms with van der Waals surface area (Å²) in [6.07, 6.45) is 1.16. The number of hydrogen-bond donors (Lipinski definition) is 0. The number of amides is 3. The summed E-state index contributed by atoms with van der Waals surface area (Å²) in [5, 5.41) is 0. The lowest BCUT2D eigenvalue weighted by Gasteiger charge is -2.43. The summed E-state index contributed by atoms with van der Waals surface area (Å²) < 4.78 is 0. The smallest absolute Gasteiger partial charge is 0.250 e. The van der Waals surface area contributed by atoms with Gasteiger partial charge in [-0.3, -0.25) is 14.4 Å². The lowest BCUT2D eigenvalue weighted by atomic mass is 9.85. The van der Waals surface area contributed by atoms with Gasteiger partial charge >= 0.3 is 0 Å². The third-order valence-electron chi connectivity index (χ3n) is 6.42. The largest absolute Gasteiger partial charge is 0.342 e. The van der Waals surface area contributed by atoms with E-state index in [4.69, 9.17) is 0 Å². The zero-order valence-corrected chi connectivity index (χ0v) is 18.6. The topological polar surface area (TPSA) is 64.2 Å². The van der Waals surface area contributed by atoms with Gasteiger partial charge in [0, 0.05) is 37.8 Å². The first-order valence-corrected chi connectivity index (χ1v) is 11.0. The minimum absolute atomic E-state index is 0.00325. The first-order valence-electron chi connectivity index (χ1n) is 11.0. The van der Waals surface area contributed by atoms with E-state index in [1.54, 1.807) is 9.80 Å². The van der Waals surface area contributed by atoms with Crippen LogP contribution in [0.2, 0.25) is 0 Å². The molecule has 2 aliphatic heterocycles. The standard InChI is InChI=1S/C23H34N4O3/c1-5-24(6-2)20(28)16-26-17-27(19-10-8-7-9-11-19)23(22(26)30)12-14-25(15-13-23)21(29)18(3)4/h7-11,18H,5-6,12-17H2,1-4H3. The number of carbonyl (C=O) groups excluding carboxylic acids is 3. The van der Waals surface area contributed by atoms with Crippen LogP contribution in [-0.4, -0.2) is 77.4 Å². The molecule has 0 aliphatic carbocycles. The van der Waals surface area contributed by atoms with E-state index >= 15 is 0 Å². The number of piperidine rings is 1. The molecule has 0 N–H and O–H groups in total. The molecule has 0 unspecified atom stereocenters. The van der Waals surface area contributed by atoms with Gasteiger partial charge in [0.15, 0.2) is 0 Å². The van der Waals surface area contributed by atoms with Crippen molar-refractivity contribution in [3.63, 3.8) is 0 Å². The Hall–Kier alpha value is -2.57. The van der Waals surface area contributed by atoms with Gasteiger partial charge in [0.1, 0.15) is 12.1 Å². The van der Waals surface area contributed by atoms with E-state index in [-0.39, 0.29) is 30.2 Å². The zero-order valence-electron chi connectivity index (χ0n) is 18.6.